The van der Waals surface area contributed by atoms with E-state index in [4.69, 9.17) is 4.74 Å². The maximum absolute atomic E-state index is 13.7. The molecule has 3 rings (SSSR count). The van der Waals surface area contributed by atoms with E-state index in [1.807, 2.05) is 18.2 Å². The van der Waals surface area contributed by atoms with Crippen molar-refractivity contribution in [3.8, 4) is 5.75 Å². The van der Waals surface area contributed by atoms with E-state index in [2.05, 4.69) is 20.9 Å². The third-order valence-electron chi connectivity index (χ3n) is 3.79. The number of rotatable bonds is 4. The van der Waals surface area contributed by atoms with E-state index >= 15 is 0 Å². The smallest absolute Gasteiger partial charge is 0.266 e. The molecule has 1 amide bonds. The maximum atomic E-state index is 13.7. The molecule has 4 nitrogen and oxygen atoms in total. The van der Waals surface area contributed by atoms with Gasteiger partial charge >= 0.3 is 0 Å². The van der Waals surface area contributed by atoms with Crippen LogP contribution in [0.15, 0.2) is 56.8 Å². The van der Waals surface area contributed by atoms with Gasteiger partial charge in [-0.25, -0.2) is 4.39 Å². The Morgan fingerprint density at radius 1 is 1.31 bits per heavy atom. The SMILES string of the molecule is CN=C1S/C(=C\c2ccc(OCc3ccccc3F)c(Br)c2)C(=O)N1C. The summed E-state index contributed by atoms with van der Waals surface area (Å²) in [6.07, 6.45) is 1.81. The maximum Gasteiger partial charge on any atom is 0.266 e. The summed E-state index contributed by atoms with van der Waals surface area (Å²) in [5.74, 6) is 0.236. The number of halogens is 2. The van der Waals surface area contributed by atoms with E-state index in [0.29, 0.717) is 21.4 Å². The summed E-state index contributed by atoms with van der Waals surface area (Å²) in [6, 6.07) is 12.0. The zero-order valence-corrected chi connectivity index (χ0v) is 16.6. The molecule has 1 aliphatic heterocycles. The molecule has 0 aromatic heterocycles. The Morgan fingerprint density at radius 3 is 2.73 bits per heavy atom. The quantitative estimate of drug-likeness (QED) is 0.654. The highest BCUT2D eigenvalue weighted by Crippen LogP contribution is 2.33. The fourth-order valence-corrected chi connectivity index (χ4v) is 3.83. The number of thioether (sulfide) groups is 1. The van der Waals surface area contributed by atoms with Crippen LogP contribution in [0, 0.1) is 5.82 Å². The first-order valence-electron chi connectivity index (χ1n) is 7.79. The number of carbonyl (C=O) groups excluding carboxylic acids is 1. The molecule has 0 atom stereocenters. The third kappa shape index (κ3) is 3.99. The lowest BCUT2D eigenvalue weighted by Gasteiger charge is -2.09. The molecule has 134 valence electrons. The van der Waals surface area contributed by atoms with E-state index in [-0.39, 0.29) is 18.3 Å². The molecule has 1 saturated heterocycles. The monoisotopic (exact) mass is 434 g/mol. The molecule has 1 fully saturated rings. The standard InChI is InChI=1S/C19H16BrFN2O2S/c1-22-19-23(2)18(24)17(26-19)10-12-7-8-16(14(20)9-12)25-11-13-5-3-4-6-15(13)21/h3-10H,11H2,1-2H3/b17-10-,22-19?. The van der Waals surface area contributed by atoms with E-state index in [1.54, 1.807) is 38.4 Å². The van der Waals surface area contributed by atoms with Crippen LogP contribution in [0.3, 0.4) is 0 Å². The number of benzene rings is 2. The van der Waals surface area contributed by atoms with Crippen LogP contribution in [0.1, 0.15) is 11.1 Å². The Balaban J connectivity index is 1.75. The average Bonchev–Trinajstić information content (AvgIpc) is 2.90. The molecule has 2 aromatic carbocycles. The third-order valence-corrected chi connectivity index (χ3v) is 5.56. The molecule has 1 aliphatic rings. The lowest BCUT2D eigenvalue weighted by atomic mass is 10.2. The Labute approximate surface area is 163 Å². The van der Waals surface area contributed by atoms with Crippen LogP contribution in [0.25, 0.3) is 6.08 Å². The van der Waals surface area contributed by atoms with E-state index in [0.717, 1.165) is 10.0 Å². The number of ether oxygens (including phenoxy) is 1. The van der Waals surface area contributed by atoms with Crippen LogP contribution >= 0.6 is 27.7 Å². The molecule has 26 heavy (non-hydrogen) atoms. The van der Waals surface area contributed by atoms with Crippen molar-refractivity contribution >= 4 is 44.8 Å². The molecule has 0 aliphatic carbocycles. The molecule has 2 aromatic rings. The first-order chi connectivity index (χ1) is 12.5. The van der Waals surface area contributed by atoms with Crippen molar-refractivity contribution in [2.75, 3.05) is 14.1 Å². The van der Waals surface area contributed by atoms with Crippen molar-refractivity contribution in [3.63, 3.8) is 0 Å². The second-order valence-corrected chi connectivity index (χ2v) is 7.41. The van der Waals surface area contributed by atoms with E-state index in [1.165, 1.54) is 22.7 Å². The lowest BCUT2D eigenvalue weighted by Crippen LogP contribution is -2.23. The first-order valence-corrected chi connectivity index (χ1v) is 9.40. The van der Waals surface area contributed by atoms with Gasteiger partial charge in [0.25, 0.3) is 5.91 Å². The van der Waals surface area contributed by atoms with Gasteiger partial charge < -0.3 is 4.74 Å². The molecule has 0 N–H and O–H groups in total. The van der Waals surface area contributed by atoms with Gasteiger partial charge in [0.1, 0.15) is 18.2 Å². The van der Waals surface area contributed by atoms with Crippen molar-refractivity contribution in [1.82, 2.24) is 4.90 Å². The highest BCUT2D eigenvalue weighted by molar-refractivity contribution is 9.10. The minimum Gasteiger partial charge on any atom is -0.488 e. The molecular formula is C19H16BrFN2O2S. The minimum absolute atomic E-state index is 0.0772. The zero-order valence-electron chi connectivity index (χ0n) is 14.2. The molecule has 0 bridgehead atoms. The van der Waals surface area contributed by atoms with Gasteiger partial charge in [-0.05, 0) is 57.5 Å². The van der Waals surface area contributed by atoms with Crippen LogP contribution in [0.4, 0.5) is 4.39 Å². The highest BCUT2D eigenvalue weighted by Gasteiger charge is 2.29. The second kappa shape index (κ2) is 8.05. The summed E-state index contributed by atoms with van der Waals surface area (Å²) >= 11 is 4.81. The zero-order chi connectivity index (χ0) is 18.7. The number of carbonyl (C=O) groups is 1. The Hall–Kier alpha value is -2.12. The molecule has 0 radical (unpaired) electrons. The van der Waals surface area contributed by atoms with Crippen LogP contribution in [0.5, 0.6) is 5.75 Å². The molecule has 7 heteroatoms. The minimum atomic E-state index is -0.292. The molecule has 1 heterocycles. The number of aliphatic imine (C=N–C) groups is 1. The summed E-state index contributed by atoms with van der Waals surface area (Å²) in [6.45, 7) is 0.140. The van der Waals surface area contributed by atoms with Gasteiger partial charge in [-0.15, -0.1) is 0 Å². The van der Waals surface area contributed by atoms with E-state index < -0.39 is 0 Å². The van der Waals surface area contributed by atoms with Gasteiger partial charge in [-0.2, -0.15) is 0 Å². The lowest BCUT2D eigenvalue weighted by molar-refractivity contribution is -0.121. The number of likely N-dealkylation sites (N-methyl/N-ethyl adjacent to an activating group) is 1. The van der Waals surface area contributed by atoms with Crippen LogP contribution < -0.4 is 4.74 Å². The van der Waals surface area contributed by atoms with Gasteiger partial charge in [-0.3, -0.25) is 14.7 Å². The fourth-order valence-electron chi connectivity index (χ4n) is 2.40. The first kappa shape index (κ1) is 18.7. The normalized spacial score (nSPS) is 17.4. The number of amidine groups is 1. The number of nitrogens with zero attached hydrogens (tertiary/aromatic N) is 2. The van der Waals surface area contributed by atoms with Gasteiger partial charge in [0.05, 0.1) is 9.38 Å². The summed E-state index contributed by atoms with van der Waals surface area (Å²) in [5.41, 5.74) is 1.35. The molecule has 0 spiro atoms. The van der Waals surface area contributed by atoms with E-state index in [9.17, 15) is 9.18 Å². The van der Waals surface area contributed by atoms with Crippen LogP contribution in [0.2, 0.25) is 0 Å². The second-order valence-electron chi connectivity index (χ2n) is 5.55. The molecule has 0 unspecified atom stereocenters. The molecular weight excluding hydrogens is 419 g/mol. The number of amides is 1. The van der Waals surface area contributed by atoms with Gasteiger partial charge in [-0.1, -0.05) is 24.3 Å². The van der Waals surface area contributed by atoms with Crippen LogP contribution in [-0.2, 0) is 11.4 Å². The predicted octanol–water partition coefficient (Wildman–Crippen LogP) is 4.70. The molecule has 0 saturated carbocycles. The summed E-state index contributed by atoms with van der Waals surface area (Å²) in [7, 11) is 3.36. The van der Waals surface area contributed by atoms with Gasteiger partial charge in [0, 0.05) is 19.7 Å². The van der Waals surface area contributed by atoms with Crippen molar-refractivity contribution in [2.45, 2.75) is 6.61 Å². The highest BCUT2D eigenvalue weighted by atomic mass is 79.9. The summed E-state index contributed by atoms with van der Waals surface area (Å²) in [5, 5.41) is 0.671. The number of hydrogen-bond donors (Lipinski definition) is 0. The number of hydrogen-bond acceptors (Lipinski definition) is 4. The van der Waals surface area contributed by atoms with Gasteiger partial charge in [0.15, 0.2) is 5.17 Å². The van der Waals surface area contributed by atoms with Crippen molar-refractivity contribution in [2.24, 2.45) is 4.99 Å². The summed E-state index contributed by atoms with van der Waals surface area (Å²) in [4.78, 5) is 18.4. The topological polar surface area (TPSA) is 41.9 Å². The average molecular weight is 435 g/mol. The summed E-state index contributed by atoms with van der Waals surface area (Å²) < 4.78 is 20.1. The predicted molar refractivity (Wildman–Crippen MR) is 107 cm³/mol. The van der Waals surface area contributed by atoms with Crippen molar-refractivity contribution < 1.29 is 13.9 Å². The van der Waals surface area contributed by atoms with Crippen molar-refractivity contribution in [1.29, 1.82) is 0 Å². The Bertz CT molecular complexity index is 914. The van der Waals surface area contributed by atoms with Crippen LogP contribution in [-0.4, -0.2) is 30.1 Å². The largest absolute Gasteiger partial charge is 0.488 e. The Morgan fingerprint density at radius 2 is 2.08 bits per heavy atom. The Kier molecular flexibility index (Phi) is 5.78. The fraction of sp³-hybridized carbons (Fsp3) is 0.158. The van der Waals surface area contributed by atoms with Gasteiger partial charge in [0.2, 0.25) is 0 Å². The van der Waals surface area contributed by atoms with Crippen molar-refractivity contribution in [3.05, 3.63) is 68.8 Å².